The third-order valence-electron chi connectivity index (χ3n) is 4.85. The highest BCUT2D eigenvalue weighted by Crippen LogP contribution is 2.35. The molecule has 1 aliphatic rings. The van der Waals surface area contributed by atoms with E-state index in [1.165, 1.54) is 5.56 Å². The van der Waals surface area contributed by atoms with Crippen molar-refractivity contribution in [1.82, 2.24) is 10.2 Å². The van der Waals surface area contributed by atoms with Gasteiger partial charge < -0.3 is 20.1 Å². The lowest BCUT2D eigenvalue weighted by molar-refractivity contribution is -0.152. The number of nitrogens with zero attached hydrogens (tertiary/aromatic N) is 1. The minimum absolute atomic E-state index is 0.173. The Balaban J connectivity index is 1.87. The fourth-order valence-electron chi connectivity index (χ4n) is 3.42. The van der Waals surface area contributed by atoms with Crippen molar-refractivity contribution in [3.63, 3.8) is 0 Å². The highest BCUT2D eigenvalue weighted by Gasteiger charge is 2.43. The Bertz CT molecular complexity index is 564. The molecule has 1 aromatic rings. The van der Waals surface area contributed by atoms with Gasteiger partial charge in [0.25, 0.3) is 0 Å². The molecule has 1 heterocycles. The molecule has 2 amide bonds. The van der Waals surface area contributed by atoms with Crippen LogP contribution in [0.15, 0.2) is 30.3 Å². The van der Waals surface area contributed by atoms with Gasteiger partial charge in [-0.1, -0.05) is 30.3 Å². The minimum Gasteiger partial charge on any atom is -0.481 e. The molecular weight excluding hydrogens is 320 g/mol. The second-order valence-corrected chi connectivity index (χ2v) is 6.67. The van der Waals surface area contributed by atoms with Crippen LogP contribution in [-0.2, 0) is 16.0 Å². The smallest absolute Gasteiger partial charge is 0.317 e. The maximum Gasteiger partial charge on any atom is 0.317 e. The number of piperidine rings is 1. The molecule has 0 aromatic heterocycles. The van der Waals surface area contributed by atoms with Gasteiger partial charge in [0.1, 0.15) is 0 Å². The van der Waals surface area contributed by atoms with Crippen LogP contribution in [0.25, 0.3) is 0 Å². The van der Waals surface area contributed by atoms with E-state index in [9.17, 15) is 14.7 Å². The number of carbonyl (C=O) groups is 2. The Kier molecular flexibility index (Phi) is 7.25. The molecule has 6 heteroatoms. The summed E-state index contributed by atoms with van der Waals surface area (Å²) in [6, 6.07) is 9.79. The third kappa shape index (κ3) is 5.46. The van der Waals surface area contributed by atoms with Crippen molar-refractivity contribution < 1.29 is 19.4 Å². The van der Waals surface area contributed by atoms with E-state index < -0.39 is 11.4 Å². The Morgan fingerprint density at radius 2 is 2.08 bits per heavy atom. The van der Waals surface area contributed by atoms with Gasteiger partial charge in [-0.25, -0.2) is 4.79 Å². The number of benzene rings is 1. The maximum absolute atomic E-state index is 12.4. The summed E-state index contributed by atoms with van der Waals surface area (Å²) >= 11 is 0. The molecular formula is C19H28N2O4. The summed E-state index contributed by atoms with van der Waals surface area (Å²) in [6.45, 7) is 1.96. The summed E-state index contributed by atoms with van der Waals surface area (Å²) in [5, 5.41) is 12.6. The molecule has 1 aliphatic heterocycles. The van der Waals surface area contributed by atoms with Crippen molar-refractivity contribution >= 4 is 12.0 Å². The van der Waals surface area contributed by atoms with Gasteiger partial charge in [0, 0.05) is 33.4 Å². The Morgan fingerprint density at radius 1 is 1.32 bits per heavy atom. The van der Waals surface area contributed by atoms with Crippen LogP contribution in [-0.4, -0.2) is 55.4 Å². The van der Waals surface area contributed by atoms with Crippen LogP contribution < -0.4 is 5.32 Å². The van der Waals surface area contributed by atoms with Crippen LogP contribution >= 0.6 is 0 Å². The molecule has 138 valence electrons. The molecule has 1 atom stereocenters. The van der Waals surface area contributed by atoms with Gasteiger partial charge in [-0.2, -0.15) is 0 Å². The number of hydrogen-bond donors (Lipinski definition) is 2. The van der Waals surface area contributed by atoms with Gasteiger partial charge in [0.05, 0.1) is 5.41 Å². The first-order valence-electron chi connectivity index (χ1n) is 8.86. The number of methoxy groups -OCH3 is 1. The van der Waals surface area contributed by atoms with Gasteiger partial charge in [0.2, 0.25) is 0 Å². The lowest BCUT2D eigenvalue weighted by Crippen LogP contribution is -2.53. The summed E-state index contributed by atoms with van der Waals surface area (Å²) in [4.78, 5) is 25.9. The molecule has 0 saturated carbocycles. The number of likely N-dealkylation sites (tertiary alicyclic amines) is 1. The fourth-order valence-corrected chi connectivity index (χ4v) is 3.42. The van der Waals surface area contributed by atoms with Crippen molar-refractivity contribution in [2.24, 2.45) is 5.41 Å². The van der Waals surface area contributed by atoms with Crippen LogP contribution in [0.5, 0.6) is 0 Å². The van der Waals surface area contributed by atoms with Crippen molar-refractivity contribution in [3.8, 4) is 0 Å². The first kappa shape index (κ1) is 19.2. The summed E-state index contributed by atoms with van der Waals surface area (Å²) < 4.78 is 5.04. The summed E-state index contributed by atoms with van der Waals surface area (Å²) in [6.07, 6.45) is 3.31. The zero-order valence-corrected chi connectivity index (χ0v) is 14.9. The van der Waals surface area contributed by atoms with Gasteiger partial charge in [-0.05, 0) is 37.7 Å². The van der Waals surface area contributed by atoms with Crippen LogP contribution in [0.3, 0.4) is 0 Å². The standard InChI is InChI=1S/C19H28N2O4/c1-25-14-6-11-19(17(22)23)10-5-13-21(15-19)18(24)20-12-9-16-7-3-2-4-8-16/h2-4,7-8H,5-6,9-15H2,1H3,(H,20,24)(H,22,23). The first-order valence-corrected chi connectivity index (χ1v) is 8.86. The first-order chi connectivity index (χ1) is 12.1. The molecule has 1 unspecified atom stereocenters. The number of ether oxygens (including phenoxy) is 1. The molecule has 2 rings (SSSR count). The molecule has 2 N–H and O–H groups in total. The molecule has 6 nitrogen and oxygen atoms in total. The molecule has 0 bridgehead atoms. The molecule has 25 heavy (non-hydrogen) atoms. The van der Waals surface area contributed by atoms with E-state index >= 15 is 0 Å². The molecule has 1 fully saturated rings. The van der Waals surface area contributed by atoms with E-state index in [4.69, 9.17) is 4.74 Å². The SMILES string of the molecule is COCCCC1(C(=O)O)CCCN(C(=O)NCCc2ccccc2)C1. The Hall–Kier alpha value is -2.08. The molecule has 0 aliphatic carbocycles. The predicted molar refractivity (Wildman–Crippen MR) is 95.5 cm³/mol. The lowest BCUT2D eigenvalue weighted by atomic mass is 9.76. The zero-order chi connectivity index (χ0) is 18.1. The van der Waals surface area contributed by atoms with Crippen molar-refractivity contribution in [1.29, 1.82) is 0 Å². The molecule has 0 spiro atoms. The Labute approximate surface area is 149 Å². The molecule has 1 aromatic carbocycles. The van der Waals surface area contributed by atoms with E-state index in [2.05, 4.69) is 5.32 Å². The largest absolute Gasteiger partial charge is 0.481 e. The average Bonchev–Trinajstić information content (AvgIpc) is 2.63. The minimum atomic E-state index is -0.854. The Morgan fingerprint density at radius 3 is 2.76 bits per heavy atom. The normalized spacial score (nSPS) is 20.3. The number of hydrogen-bond acceptors (Lipinski definition) is 3. The quantitative estimate of drug-likeness (QED) is 0.708. The number of carboxylic acids is 1. The van der Waals surface area contributed by atoms with Gasteiger partial charge in [0.15, 0.2) is 0 Å². The summed E-state index contributed by atoms with van der Waals surface area (Å²) in [7, 11) is 1.61. The van der Waals surface area contributed by atoms with E-state index in [1.54, 1.807) is 12.0 Å². The molecule has 1 saturated heterocycles. The van der Waals surface area contributed by atoms with Crippen LogP contribution in [0.1, 0.15) is 31.2 Å². The number of amides is 2. The highest BCUT2D eigenvalue weighted by atomic mass is 16.5. The lowest BCUT2D eigenvalue weighted by Gasteiger charge is -2.40. The number of carbonyl (C=O) groups excluding carboxylic acids is 1. The number of rotatable bonds is 8. The second-order valence-electron chi connectivity index (χ2n) is 6.67. The number of urea groups is 1. The number of aliphatic carboxylic acids is 1. The third-order valence-corrected chi connectivity index (χ3v) is 4.85. The van der Waals surface area contributed by atoms with Crippen molar-refractivity contribution in [2.75, 3.05) is 33.4 Å². The van der Waals surface area contributed by atoms with Crippen LogP contribution in [0.2, 0.25) is 0 Å². The van der Waals surface area contributed by atoms with Gasteiger partial charge in [-0.3, -0.25) is 4.79 Å². The highest BCUT2D eigenvalue weighted by molar-refractivity contribution is 5.78. The summed E-state index contributed by atoms with van der Waals surface area (Å²) in [5.74, 6) is -0.814. The number of nitrogens with one attached hydrogen (secondary N) is 1. The summed E-state index contributed by atoms with van der Waals surface area (Å²) in [5.41, 5.74) is 0.314. The fraction of sp³-hybridized carbons (Fsp3) is 0.579. The van der Waals surface area contributed by atoms with E-state index in [0.717, 1.165) is 6.42 Å². The van der Waals surface area contributed by atoms with Crippen LogP contribution in [0, 0.1) is 5.41 Å². The molecule has 0 radical (unpaired) electrons. The van der Waals surface area contributed by atoms with E-state index in [0.29, 0.717) is 45.4 Å². The monoisotopic (exact) mass is 348 g/mol. The van der Waals surface area contributed by atoms with Crippen LogP contribution in [0.4, 0.5) is 4.79 Å². The number of carboxylic acid groups (broad SMARTS) is 1. The van der Waals surface area contributed by atoms with Crippen molar-refractivity contribution in [3.05, 3.63) is 35.9 Å². The second kappa shape index (κ2) is 9.42. The van der Waals surface area contributed by atoms with Gasteiger partial charge >= 0.3 is 12.0 Å². The maximum atomic E-state index is 12.4. The average molecular weight is 348 g/mol. The van der Waals surface area contributed by atoms with Gasteiger partial charge in [-0.15, -0.1) is 0 Å². The zero-order valence-electron chi connectivity index (χ0n) is 14.9. The van der Waals surface area contributed by atoms with E-state index in [1.807, 2.05) is 30.3 Å². The predicted octanol–water partition coefficient (Wildman–Crippen LogP) is 2.53. The topological polar surface area (TPSA) is 78.9 Å². The van der Waals surface area contributed by atoms with Crippen molar-refractivity contribution in [2.45, 2.75) is 32.1 Å². The van der Waals surface area contributed by atoms with E-state index in [-0.39, 0.29) is 12.6 Å².